The first-order valence-electron chi connectivity index (χ1n) is 10.4. The van der Waals surface area contributed by atoms with Gasteiger partial charge in [-0.2, -0.15) is 0 Å². The minimum Gasteiger partial charge on any atom is -0.493 e. The fraction of sp³-hybridized carbons (Fsp3) is 0.360. The number of benzene rings is 2. The highest BCUT2D eigenvalue weighted by atomic mass is 16.5. The molecule has 0 bridgehead atoms. The minimum atomic E-state index is -0.301. The third kappa shape index (κ3) is 4.40. The molecule has 0 unspecified atom stereocenters. The summed E-state index contributed by atoms with van der Waals surface area (Å²) >= 11 is 0. The molecule has 5 nitrogen and oxygen atoms in total. The topological polar surface area (TPSA) is 58.6 Å². The third-order valence-electron chi connectivity index (χ3n) is 5.00. The largest absolute Gasteiger partial charge is 0.493 e. The summed E-state index contributed by atoms with van der Waals surface area (Å²) < 4.78 is 5.75. The lowest BCUT2D eigenvalue weighted by Gasteiger charge is -2.19. The van der Waals surface area contributed by atoms with Crippen LogP contribution in [0.3, 0.4) is 0 Å². The fourth-order valence-electron chi connectivity index (χ4n) is 3.47. The van der Waals surface area contributed by atoms with Gasteiger partial charge in [-0.15, -0.1) is 0 Å². The van der Waals surface area contributed by atoms with Gasteiger partial charge in [-0.25, -0.2) is 0 Å². The zero-order chi connectivity index (χ0) is 22.0. The van der Waals surface area contributed by atoms with Crippen molar-refractivity contribution in [1.82, 2.24) is 4.90 Å². The Hall–Kier alpha value is -3.08. The Balaban J connectivity index is 2.01. The maximum Gasteiger partial charge on any atom is 0.278 e. The molecule has 1 aliphatic rings. The van der Waals surface area contributed by atoms with E-state index in [-0.39, 0.29) is 17.9 Å². The molecule has 0 atom stereocenters. The first-order valence-corrected chi connectivity index (χ1v) is 10.4. The molecule has 158 valence electrons. The van der Waals surface area contributed by atoms with Crippen molar-refractivity contribution in [3.63, 3.8) is 0 Å². The Morgan fingerprint density at radius 2 is 1.60 bits per heavy atom. The molecular weight excluding hydrogens is 376 g/mol. The van der Waals surface area contributed by atoms with Gasteiger partial charge in [-0.1, -0.05) is 43.7 Å². The van der Waals surface area contributed by atoms with Crippen LogP contribution in [-0.2, 0) is 9.59 Å². The van der Waals surface area contributed by atoms with Crippen molar-refractivity contribution in [2.45, 2.75) is 47.6 Å². The molecule has 0 fully saturated rings. The number of anilines is 1. The van der Waals surface area contributed by atoms with E-state index >= 15 is 0 Å². The van der Waals surface area contributed by atoms with Crippen LogP contribution in [0.2, 0.25) is 0 Å². The Morgan fingerprint density at radius 3 is 2.17 bits per heavy atom. The highest BCUT2D eigenvalue weighted by Crippen LogP contribution is 2.33. The second-order valence-electron chi connectivity index (χ2n) is 8.50. The number of aryl methyl sites for hydroxylation is 2. The van der Waals surface area contributed by atoms with Gasteiger partial charge in [0.25, 0.3) is 11.8 Å². The quantitative estimate of drug-likeness (QED) is 0.662. The summed E-state index contributed by atoms with van der Waals surface area (Å²) in [6.45, 7) is 12.5. The molecule has 0 saturated heterocycles. The van der Waals surface area contributed by atoms with E-state index in [0.717, 1.165) is 22.6 Å². The van der Waals surface area contributed by atoms with Gasteiger partial charge in [0.15, 0.2) is 0 Å². The average Bonchev–Trinajstić information content (AvgIpc) is 2.92. The van der Waals surface area contributed by atoms with Crippen LogP contribution in [0.4, 0.5) is 5.69 Å². The molecule has 1 N–H and O–H groups in total. The van der Waals surface area contributed by atoms with Crippen LogP contribution < -0.4 is 10.1 Å². The Bertz CT molecular complexity index is 988. The van der Waals surface area contributed by atoms with Gasteiger partial charge in [0, 0.05) is 11.7 Å². The van der Waals surface area contributed by atoms with Crippen molar-refractivity contribution in [3.8, 4) is 5.75 Å². The molecule has 2 aromatic rings. The lowest BCUT2D eigenvalue weighted by molar-refractivity contribution is -0.138. The van der Waals surface area contributed by atoms with E-state index in [1.54, 1.807) is 0 Å². The van der Waals surface area contributed by atoms with E-state index in [9.17, 15) is 9.59 Å². The Morgan fingerprint density at radius 1 is 0.933 bits per heavy atom. The predicted octanol–water partition coefficient (Wildman–Crippen LogP) is 4.94. The molecule has 3 rings (SSSR count). The monoisotopic (exact) mass is 406 g/mol. The Kier molecular flexibility index (Phi) is 6.30. The summed E-state index contributed by atoms with van der Waals surface area (Å²) in [5.41, 5.74) is 4.38. The average molecular weight is 407 g/mol. The van der Waals surface area contributed by atoms with Crippen LogP contribution >= 0.6 is 0 Å². The smallest absolute Gasteiger partial charge is 0.278 e. The fourth-order valence-corrected chi connectivity index (χ4v) is 3.47. The van der Waals surface area contributed by atoms with E-state index in [4.69, 9.17) is 4.74 Å². The summed E-state index contributed by atoms with van der Waals surface area (Å²) in [5.74, 6) is 0.590. The van der Waals surface area contributed by atoms with Gasteiger partial charge in [-0.05, 0) is 62.9 Å². The third-order valence-corrected chi connectivity index (χ3v) is 5.00. The summed E-state index contributed by atoms with van der Waals surface area (Å²) in [6, 6.07) is 13.1. The minimum absolute atomic E-state index is 0.230. The summed E-state index contributed by atoms with van der Waals surface area (Å²) in [5, 5.41) is 3.24. The van der Waals surface area contributed by atoms with Crippen LogP contribution in [0.1, 0.15) is 44.4 Å². The van der Waals surface area contributed by atoms with Crippen LogP contribution in [-0.4, -0.2) is 29.4 Å². The highest BCUT2D eigenvalue weighted by molar-refractivity contribution is 6.36. The molecule has 30 heavy (non-hydrogen) atoms. The molecule has 0 saturated carbocycles. The van der Waals surface area contributed by atoms with E-state index < -0.39 is 0 Å². The normalized spacial score (nSPS) is 14.3. The summed E-state index contributed by atoms with van der Waals surface area (Å²) in [7, 11) is 0. The van der Waals surface area contributed by atoms with E-state index in [2.05, 4.69) is 19.2 Å². The summed E-state index contributed by atoms with van der Waals surface area (Å²) in [4.78, 5) is 27.6. The molecule has 1 aliphatic heterocycles. The van der Waals surface area contributed by atoms with Gasteiger partial charge in [0.2, 0.25) is 0 Å². The van der Waals surface area contributed by atoms with Crippen molar-refractivity contribution in [2.24, 2.45) is 5.92 Å². The van der Waals surface area contributed by atoms with Gasteiger partial charge < -0.3 is 10.1 Å². The molecule has 5 heteroatoms. The highest BCUT2D eigenvalue weighted by Gasteiger charge is 2.40. The predicted molar refractivity (Wildman–Crippen MR) is 120 cm³/mol. The number of nitrogens with one attached hydrogen (secondary N) is 1. The van der Waals surface area contributed by atoms with E-state index in [0.29, 0.717) is 29.4 Å². The van der Waals surface area contributed by atoms with Crippen molar-refractivity contribution >= 4 is 23.1 Å². The number of nitrogens with zero attached hydrogens (tertiary/aromatic N) is 1. The molecule has 2 aromatic carbocycles. The number of amides is 2. The molecule has 1 heterocycles. The van der Waals surface area contributed by atoms with E-state index in [1.807, 2.05) is 70.2 Å². The van der Waals surface area contributed by atoms with Crippen molar-refractivity contribution < 1.29 is 14.3 Å². The van der Waals surface area contributed by atoms with Gasteiger partial charge in [0.1, 0.15) is 11.4 Å². The van der Waals surface area contributed by atoms with E-state index in [1.165, 1.54) is 4.90 Å². The van der Waals surface area contributed by atoms with Crippen LogP contribution in [0.15, 0.2) is 48.2 Å². The van der Waals surface area contributed by atoms with Crippen LogP contribution in [0.5, 0.6) is 5.75 Å². The number of carbonyl (C=O) groups excluding carboxylic acids is 2. The first kappa shape index (κ1) is 21.6. The number of hydrogen-bond acceptors (Lipinski definition) is 4. The van der Waals surface area contributed by atoms with Gasteiger partial charge >= 0.3 is 0 Å². The molecule has 0 aliphatic carbocycles. The molecular formula is C25H30N2O3. The lowest BCUT2D eigenvalue weighted by atomic mass is 10.0. The number of imide groups is 1. The SMILES string of the molecule is Cc1ccc(NC2=C(c3ccc(OCC(C)C)cc3)C(=O)N(C(C)C)C2=O)c(C)c1. The first-order chi connectivity index (χ1) is 14.2. The molecule has 0 spiro atoms. The zero-order valence-corrected chi connectivity index (χ0v) is 18.6. The van der Waals surface area contributed by atoms with Crippen molar-refractivity contribution in [3.05, 3.63) is 64.9 Å². The standard InChI is InChI=1S/C25H30N2O3/c1-15(2)14-30-20-10-8-19(9-11-20)22-23(25(29)27(16(3)4)24(22)28)26-21-12-7-17(5)13-18(21)6/h7-13,15-16,26H,14H2,1-6H3. The second kappa shape index (κ2) is 8.74. The maximum absolute atomic E-state index is 13.2. The number of hydrogen-bond donors (Lipinski definition) is 1. The Labute approximate surface area is 178 Å². The lowest BCUT2D eigenvalue weighted by Crippen LogP contribution is -2.38. The van der Waals surface area contributed by atoms with Crippen molar-refractivity contribution in [1.29, 1.82) is 0 Å². The molecule has 0 aromatic heterocycles. The molecule has 2 amide bonds. The number of rotatable bonds is 7. The number of ether oxygens (including phenoxy) is 1. The number of carbonyl (C=O) groups is 2. The second-order valence-corrected chi connectivity index (χ2v) is 8.50. The van der Waals surface area contributed by atoms with Crippen molar-refractivity contribution in [2.75, 3.05) is 11.9 Å². The van der Waals surface area contributed by atoms with Crippen LogP contribution in [0.25, 0.3) is 5.57 Å². The summed E-state index contributed by atoms with van der Waals surface area (Å²) in [6.07, 6.45) is 0. The maximum atomic E-state index is 13.2. The zero-order valence-electron chi connectivity index (χ0n) is 18.6. The van der Waals surface area contributed by atoms with Crippen LogP contribution in [0, 0.1) is 19.8 Å². The molecule has 0 radical (unpaired) electrons. The van der Waals surface area contributed by atoms with Gasteiger partial charge in [-0.3, -0.25) is 14.5 Å². The van der Waals surface area contributed by atoms with Gasteiger partial charge in [0.05, 0.1) is 12.2 Å².